The number of hydrogen-bond acceptors (Lipinski definition) is 7. The van der Waals surface area contributed by atoms with Gasteiger partial charge >= 0.3 is 0 Å². The van der Waals surface area contributed by atoms with Crippen molar-refractivity contribution in [1.82, 2.24) is 19.7 Å². The second-order valence-corrected chi connectivity index (χ2v) is 6.29. The molecule has 0 fully saturated rings. The second kappa shape index (κ2) is 6.37. The van der Waals surface area contributed by atoms with Gasteiger partial charge in [-0.2, -0.15) is 11.3 Å². The van der Waals surface area contributed by atoms with E-state index in [0.29, 0.717) is 24.1 Å². The fourth-order valence-electron chi connectivity index (χ4n) is 1.91. The van der Waals surface area contributed by atoms with Crippen LogP contribution in [0.1, 0.15) is 11.5 Å². The fourth-order valence-corrected chi connectivity index (χ4v) is 3.50. The number of oxazole rings is 1. The van der Waals surface area contributed by atoms with Gasteiger partial charge in [-0.3, -0.25) is 4.57 Å². The molecule has 3 rings (SSSR count). The molecule has 0 atom stereocenters. The standard InChI is InChI=1S/C14H15N5OS2/c1-3-5-19-13(15)17-18-14(19)22-8-11-9(2)20-12(16-11)10-4-6-21-7-10/h3-4,6-7H,1,5,8H2,2H3,(H2,15,17). The molecule has 0 aliphatic heterocycles. The van der Waals surface area contributed by atoms with Gasteiger partial charge in [0.25, 0.3) is 0 Å². The molecular formula is C14H15N5OS2. The first-order chi connectivity index (χ1) is 10.7. The highest BCUT2D eigenvalue weighted by Crippen LogP contribution is 2.28. The number of rotatable bonds is 6. The number of aromatic nitrogens is 4. The Morgan fingerprint density at radius 3 is 3.09 bits per heavy atom. The number of nitrogens with two attached hydrogens (primary N) is 1. The van der Waals surface area contributed by atoms with Crippen molar-refractivity contribution in [3.63, 3.8) is 0 Å². The third-order valence-corrected chi connectivity index (χ3v) is 4.72. The van der Waals surface area contributed by atoms with Gasteiger partial charge in [0.15, 0.2) is 5.16 Å². The summed E-state index contributed by atoms with van der Waals surface area (Å²) in [5.41, 5.74) is 7.69. The summed E-state index contributed by atoms with van der Waals surface area (Å²) in [7, 11) is 0. The molecule has 3 heterocycles. The largest absolute Gasteiger partial charge is 0.441 e. The molecule has 6 nitrogen and oxygen atoms in total. The fraction of sp³-hybridized carbons (Fsp3) is 0.214. The van der Waals surface area contributed by atoms with Crippen molar-refractivity contribution >= 4 is 29.0 Å². The van der Waals surface area contributed by atoms with Crippen LogP contribution in [0.15, 0.2) is 39.1 Å². The summed E-state index contributed by atoms with van der Waals surface area (Å²) in [4.78, 5) is 4.56. The lowest BCUT2D eigenvalue weighted by Gasteiger charge is -2.03. The lowest BCUT2D eigenvalue weighted by atomic mass is 10.3. The molecule has 0 spiro atoms. The van der Waals surface area contributed by atoms with E-state index in [9.17, 15) is 0 Å². The van der Waals surface area contributed by atoms with E-state index in [-0.39, 0.29) is 0 Å². The summed E-state index contributed by atoms with van der Waals surface area (Å²) in [5, 5.41) is 12.7. The van der Waals surface area contributed by atoms with Crippen molar-refractivity contribution < 1.29 is 4.42 Å². The summed E-state index contributed by atoms with van der Waals surface area (Å²) in [6, 6.07) is 1.99. The molecule has 0 aromatic carbocycles. The first-order valence-corrected chi connectivity index (χ1v) is 8.53. The van der Waals surface area contributed by atoms with E-state index in [2.05, 4.69) is 21.8 Å². The van der Waals surface area contributed by atoms with Crippen molar-refractivity contribution in [3.05, 3.63) is 40.9 Å². The van der Waals surface area contributed by atoms with Gasteiger partial charge in [0.1, 0.15) is 5.76 Å². The molecule has 0 unspecified atom stereocenters. The Bertz CT molecular complexity index is 775. The number of nitrogens with zero attached hydrogens (tertiary/aromatic N) is 4. The third-order valence-electron chi connectivity index (χ3n) is 3.06. The number of thioether (sulfide) groups is 1. The van der Waals surface area contributed by atoms with Crippen LogP contribution in [-0.4, -0.2) is 19.7 Å². The van der Waals surface area contributed by atoms with Crippen LogP contribution in [0, 0.1) is 6.92 Å². The zero-order valence-corrected chi connectivity index (χ0v) is 13.7. The summed E-state index contributed by atoms with van der Waals surface area (Å²) < 4.78 is 7.54. The maximum atomic E-state index is 5.79. The highest BCUT2D eigenvalue weighted by Gasteiger charge is 2.14. The number of anilines is 1. The molecule has 0 radical (unpaired) electrons. The first kappa shape index (κ1) is 14.9. The lowest BCUT2D eigenvalue weighted by Crippen LogP contribution is -2.03. The van der Waals surface area contributed by atoms with Crippen LogP contribution >= 0.6 is 23.1 Å². The molecule has 0 aliphatic carbocycles. The summed E-state index contributed by atoms with van der Waals surface area (Å²) >= 11 is 3.15. The Morgan fingerprint density at radius 2 is 2.36 bits per heavy atom. The van der Waals surface area contributed by atoms with Crippen molar-refractivity contribution in [2.45, 2.75) is 24.4 Å². The topological polar surface area (TPSA) is 82.8 Å². The predicted octanol–water partition coefficient (Wildman–Crippen LogP) is 3.36. The van der Waals surface area contributed by atoms with Crippen LogP contribution in [0.5, 0.6) is 0 Å². The van der Waals surface area contributed by atoms with E-state index < -0.39 is 0 Å². The number of allylic oxidation sites excluding steroid dienone is 1. The summed E-state index contributed by atoms with van der Waals surface area (Å²) in [6.45, 7) is 6.22. The van der Waals surface area contributed by atoms with Gasteiger partial charge in [-0.1, -0.05) is 17.8 Å². The van der Waals surface area contributed by atoms with E-state index >= 15 is 0 Å². The normalized spacial score (nSPS) is 11.0. The van der Waals surface area contributed by atoms with E-state index in [1.807, 2.05) is 28.3 Å². The lowest BCUT2D eigenvalue weighted by molar-refractivity contribution is 0.541. The van der Waals surface area contributed by atoms with Crippen molar-refractivity contribution in [2.75, 3.05) is 5.73 Å². The Hall–Kier alpha value is -2.06. The van der Waals surface area contributed by atoms with Crippen molar-refractivity contribution in [2.24, 2.45) is 0 Å². The van der Waals surface area contributed by atoms with E-state index in [4.69, 9.17) is 10.2 Å². The van der Waals surface area contributed by atoms with Gasteiger partial charge in [-0.15, -0.1) is 16.8 Å². The van der Waals surface area contributed by atoms with Gasteiger partial charge in [0.2, 0.25) is 11.8 Å². The molecule has 0 amide bonds. The summed E-state index contributed by atoms with van der Waals surface area (Å²) in [5.74, 6) is 2.51. The number of nitrogen functional groups attached to an aromatic ring is 1. The quantitative estimate of drug-likeness (QED) is 0.550. The molecule has 3 aromatic heterocycles. The second-order valence-electron chi connectivity index (χ2n) is 4.56. The Labute approximate surface area is 136 Å². The minimum absolute atomic E-state index is 0.387. The SMILES string of the molecule is C=CCn1c(N)nnc1SCc1nc(-c2ccsc2)oc1C. The van der Waals surface area contributed by atoms with Gasteiger partial charge in [0.05, 0.1) is 5.69 Å². The third kappa shape index (κ3) is 2.93. The van der Waals surface area contributed by atoms with Crippen LogP contribution in [0.25, 0.3) is 11.5 Å². The van der Waals surface area contributed by atoms with E-state index in [1.54, 1.807) is 17.4 Å². The smallest absolute Gasteiger partial charge is 0.227 e. The van der Waals surface area contributed by atoms with Crippen LogP contribution in [-0.2, 0) is 12.3 Å². The summed E-state index contributed by atoms with van der Waals surface area (Å²) in [6.07, 6.45) is 1.76. The van der Waals surface area contributed by atoms with Gasteiger partial charge in [0, 0.05) is 23.2 Å². The molecule has 0 saturated carbocycles. The molecule has 22 heavy (non-hydrogen) atoms. The molecular weight excluding hydrogens is 318 g/mol. The monoisotopic (exact) mass is 333 g/mol. The highest BCUT2D eigenvalue weighted by molar-refractivity contribution is 7.98. The Kier molecular flexibility index (Phi) is 4.30. The maximum absolute atomic E-state index is 5.79. The molecule has 0 bridgehead atoms. The maximum Gasteiger partial charge on any atom is 0.227 e. The molecule has 0 saturated heterocycles. The molecule has 2 N–H and O–H groups in total. The van der Waals surface area contributed by atoms with Gasteiger partial charge in [-0.25, -0.2) is 4.98 Å². The zero-order chi connectivity index (χ0) is 15.5. The van der Waals surface area contributed by atoms with Gasteiger partial charge in [-0.05, 0) is 18.4 Å². The zero-order valence-electron chi connectivity index (χ0n) is 12.0. The minimum Gasteiger partial charge on any atom is -0.441 e. The van der Waals surface area contributed by atoms with E-state index in [0.717, 1.165) is 22.2 Å². The minimum atomic E-state index is 0.387. The highest BCUT2D eigenvalue weighted by atomic mass is 32.2. The molecule has 8 heteroatoms. The predicted molar refractivity (Wildman–Crippen MR) is 88.7 cm³/mol. The first-order valence-electron chi connectivity index (χ1n) is 6.60. The molecule has 0 aliphatic rings. The average molecular weight is 333 g/mol. The average Bonchev–Trinajstić information content (AvgIpc) is 3.20. The number of thiophene rings is 1. The Morgan fingerprint density at radius 1 is 1.50 bits per heavy atom. The molecule has 114 valence electrons. The van der Waals surface area contributed by atoms with Crippen LogP contribution in [0.4, 0.5) is 5.95 Å². The van der Waals surface area contributed by atoms with Crippen molar-refractivity contribution in [1.29, 1.82) is 0 Å². The Balaban J connectivity index is 1.76. The van der Waals surface area contributed by atoms with Gasteiger partial charge < -0.3 is 10.2 Å². The molecule has 3 aromatic rings. The number of aryl methyl sites for hydroxylation is 1. The van der Waals surface area contributed by atoms with Crippen LogP contribution in [0.3, 0.4) is 0 Å². The van der Waals surface area contributed by atoms with Crippen molar-refractivity contribution in [3.8, 4) is 11.5 Å². The van der Waals surface area contributed by atoms with Crippen LogP contribution < -0.4 is 5.73 Å². The van der Waals surface area contributed by atoms with E-state index in [1.165, 1.54) is 11.8 Å². The number of hydrogen-bond donors (Lipinski definition) is 1. The van der Waals surface area contributed by atoms with Crippen LogP contribution in [0.2, 0.25) is 0 Å².